The molecule has 1 fully saturated rings. The molecule has 0 saturated carbocycles. The topological polar surface area (TPSA) is 57.3 Å². The predicted molar refractivity (Wildman–Crippen MR) is 94.6 cm³/mol. The van der Waals surface area contributed by atoms with Crippen LogP contribution in [0.25, 0.3) is 0 Å². The Morgan fingerprint density at radius 2 is 2.12 bits per heavy atom. The van der Waals surface area contributed by atoms with E-state index in [2.05, 4.69) is 50.8 Å². The Morgan fingerprint density at radius 1 is 1.25 bits per heavy atom. The summed E-state index contributed by atoms with van der Waals surface area (Å²) in [7, 11) is 0. The van der Waals surface area contributed by atoms with Gasteiger partial charge in [0.15, 0.2) is 0 Å². The highest BCUT2D eigenvalue weighted by molar-refractivity contribution is 5.74. The van der Waals surface area contributed by atoms with Crippen LogP contribution in [0.5, 0.6) is 0 Å². The first kappa shape index (κ1) is 16.8. The zero-order chi connectivity index (χ0) is 16.6. The van der Waals surface area contributed by atoms with Crippen molar-refractivity contribution >= 4 is 6.29 Å². The number of rotatable bonds is 8. The number of aromatic nitrogens is 1. The summed E-state index contributed by atoms with van der Waals surface area (Å²) in [6.45, 7) is 4.64. The number of likely N-dealkylation sites (tertiary alicyclic amines) is 1. The maximum atomic E-state index is 10.8. The minimum Gasteiger partial charge on any atom is -0.300 e. The van der Waals surface area contributed by atoms with Gasteiger partial charge in [0, 0.05) is 50.6 Å². The van der Waals surface area contributed by atoms with Crippen molar-refractivity contribution in [1.29, 1.82) is 0 Å². The summed E-state index contributed by atoms with van der Waals surface area (Å²) in [6, 6.07) is 14.7. The van der Waals surface area contributed by atoms with Gasteiger partial charge in [-0.05, 0) is 24.1 Å². The Balaban J connectivity index is 1.35. The maximum Gasteiger partial charge on any atom is 0.150 e. The van der Waals surface area contributed by atoms with Crippen LogP contribution in [-0.4, -0.2) is 42.0 Å². The molecule has 0 radical (unpaired) electrons. The average molecular weight is 324 g/mol. The van der Waals surface area contributed by atoms with Gasteiger partial charge in [-0.1, -0.05) is 30.3 Å². The summed E-state index contributed by atoms with van der Waals surface area (Å²) in [5.41, 5.74) is 2.93. The van der Waals surface area contributed by atoms with Crippen LogP contribution in [0.15, 0.2) is 48.7 Å². The molecule has 1 saturated heterocycles. The molecule has 0 amide bonds. The fourth-order valence-corrected chi connectivity index (χ4v) is 3.06. The largest absolute Gasteiger partial charge is 0.300 e. The second-order valence-electron chi connectivity index (χ2n) is 6.21. The van der Waals surface area contributed by atoms with E-state index in [1.54, 1.807) is 12.3 Å². The Labute approximate surface area is 143 Å². The lowest BCUT2D eigenvalue weighted by atomic mass is 10.2. The van der Waals surface area contributed by atoms with Gasteiger partial charge in [0.25, 0.3) is 0 Å². The van der Waals surface area contributed by atoms with Crippen molar-refractivity contribution in [2.45, 2.75) is 25.6 Å². The highest BCUT2D eigenvalue weighted by Gasteiger charge is 2.21. The quantitative estimate of drug-likeness (QED) is 0.441. The van der Waals surface area contributed by atoms with E-state index in [0.717, 1.165) is 38.3 Å². The van der Waals surface area contributed by atoms with E-state index < -0.39 is 0 Å². The number of carbonyl (C=O) groups excluding carboxylic acids is 1. The number of pyridine rings is 1. The molecule has 24 heavy (non-hydrogen) atoms. The van der Waals surface area contributed by atoms with Crippen LogP contribution < -0.4 is 10.6 Å². The summed E-state index contributed by atoms with van der Waals surface area (Å²) < 4.78 is 0. The van der Waals surface area contributed by atoms with E-state index in [1.807, 2.05) is 6.07 Å². The highest BCUT2D eigenvalue weighted by atomic mass is 16.1. The first-order valence-electron chi connectivity index (χ1n) is 8.44. The monoisotopic (exact) mass is 324 g/mol. The molecule has 1 aromatic carbocycles. The van der Waals surface area contributed by atoms with Crippen LogP contribution in [-0.2, 0) is 13.1 Å². The van der Waals surface area contributed by atoms with Crippen molar-refractivity contribution in [2.24, 2.45) is 0 Å². The van der Waals surface area contributed by atoms with Crippen molar-refractivity contribution in [3.8, 4) is 0 Å². The third-order valence-electron chi connectivity index (χ3n) is 4.32. The molecule has 5 heteroatoms. The summed E-state index contributed by atoms with van der Waals surface area (Å²) in [4.78, 5) is 17.5. The lowest BCUT2D eigenvalue weighted by Gasteiger charge is -2.17. The third kappa shape index (κ3) is 4.96. The molecule has 2 N–H and O–H groups in total. The van der Waals surface area contributed by atoms with Gasteiger partial charge in [-0.2, -0.15) is 0 Å². The van der Waals surface area contributed by atoms with Crippen LogP contribution >= 0.6 is 0 Å². The van der Waals surface area contributed by atoms with Gasteiger partial charge in [0.2, 0.25) is 0 Å². The smallest absolute Gasteiger partial charge is 0.150 e. The molecule has 0 aliphatic carbocycles. The Morgan fingerprint density at radius 3 is 2.96 bits per heavy atom. The van der Waals surface area contributed by atoms with E-state index >= 15 is 0 Å². The zero-order valence-corrected chi connectivity index (χ0v) is 13.8. The number of hydrogen-bond donors (Lipinski definition) is 2. The number of benzene rings is 1. The Hall–Kier alpha value is -2.08. The van der Waals surface area contributed by atoms with Gasteiger partial charge < -0.3 is 5.32 Å². The molecular formula is C19H24N4O. The second kappa shape index (κ2) is 8.68. The van der Waals surface area contributed by atoms with Gasteiger partial charge in [-0.15, -0.1) is 0 Å². The van der Waals surface area contributed by atoms with Crippen LogP contribution in [0.4, 0.5) is 0 Å². The van der Waals surface area contributed by atoms with Crippen molar-refractivity contribution in [2.75, 3.05) is 19.8 Å². The molecule has 1 atom stereocenters. The molecule has 3 rings (SSSR count). The third-order valence-corrected chi connectivity index (χ3v) is 4.32. The molecule has 1 aliphatic heterocycles. The van der Waals surface area contributed by atoms with Crippen molar-refractivity contribution in [1.82, 2.24) is 20.5 Å². The van der Waals surface area contributed by atoms with Crippen LogP contribution in [0, 0.1) is 0 Å². The number of hydrogen-bond acceptors (Lipinski definition) is 5. The standard InChI is InChI=1S/C19H24N4O/c24-14-17-6-8-21-19(10-17)11-20-15-22-18-7-9-23(13-18)12-16-4-2-1-3-5-16/h1-6,8,10,14,18,20,22H,7,9,11-13,15H2. The minimum absolute atomic E-state index is 0.524. The Kier molecular flexibility index (Phi) is 6.07. The van der Waals surface area contributed by atoms with E-state index in [9.17, 15) is 4.79 Å². The summed E-state index contributed by atoms with van der Waals surface area (Å²) in [6.07, 6.45) is 3.70. The number of aldehydes is 1. The SMILES string of the molecule is O=Cc1ccnc(CNCNC2CCN(Cc3ccccc3)C2)c1. The fraction of sp³-hybridized carbons (Fsp3) is 0.368. The van der Waals surface area contributed by atoms with Crippen molar-refractivity contribution < 1.29 is 4.79 Å². The van der Waals surface area contributed by atoms with E-state index in [4.69, 9.17) is 0 Å². The predicted octanol–water partition coefficient (Wildman–Crippen LogP) is 1.81. The molecule has 0 spiro atoms. The number of nitrogens with zero attached hydrogens (tertiary/aromatic N) is 2. The van der Waals surface area contributed by atoms with Gasteiger partial charge in [-0.3, -0.25) is 20.0 Å². The van der Waals surface area contributed by atoms with Gasteiger partial charge in [0.1, 0.15) is 6.29 Å². The molecule has 0 bridgehead atoms. The van der Waals surface area contributed by atoms with Crippen LogP contribution in [0.2, 0.25) is 0 Å². The lowest BCUT2D eigenvalue weighted by Crippen LogP contribution is -2.38. The minimum atomic E-state index is 0.524. The molecule has 5 nitrogen and oxygen atoms in total. The van der Waals surface area contributed by atoms with Gasteiger partial charge in [-0.25, -0.2) is 0 Å². The van der Waals surface area contributed by atoms with E-state index in [0.29, 0.717) is 18.2 Å². The highest BCUT2D eigenvalue weighted by Crippen LogP contribution is 2.13. The van der Waals surface area contributed by atoms with Crippen LogP contribution in [0.1, 0.15) is 28.0 Å². The molecule has 126 valence electrons. The molecule has 1 unspecified atom stereocenters. The van der Waals surface area contributed by atoms with Crippen molar-refractivity contribution in [3.05, 3.63) is 65.5 Å². The first-order valence-corrected chi connectivity index (χ1v) is 8.44. The number of nitrogens with one attached hydrogen (secondary N) is 2. The zero-order valence-electron chi connectivity index (χ0n) is 13.8. The van der Waals surface area contributed by atoms with Gasteiger partial charge >= 0.3 is 0 Å². The molecule has 1 aliphatic rings. The summed E-state index contributed by atoms with van der Waals surface area (Å²) >= 11 is 0. The maximum absolute atomic E-state index is 10.8. The number of carbonyl (C=O) groups is 1. The average Bonchev–Trinajstić information content (AvgIpc) is 3.07. The normalized spacial score (nSPS) is 17.9. The summed E-state index contributed by atoms with van der Waals surface area (Å²) in [5.74, 6) is 0. The second-order valence-corrected chi connectivity index (χ2v) is 6.21. The molecular weight excluding hydrogens is 300 g/mol. The summed E-state index contributed by atoms with van der Waals surface area (Å²) in [5, 5.41) is 6.88. The van der Waals surface area contributed by atoms with E-state index in [1.165, 1.54) is 12.0 Å². The molecule has 1 aromatic heterocycles. The van der Waals surface area contributed by atoms with Crippen LogP contribution in [0.3, 0.4) is 0 Å². The fourth-order valence-electron chi connectivity index (χ4n) is 3.06. The first-order chi connectivity index (χ1) is 11.8. The van der Waals surface area contributed by atoms with E-state index in [-0.39, 0.29) is 0 Å². The Bertz CT molecular complexity index is 647. The molecule has 2 aromatic rings. The van der Waals surface area contributed by atoms with Gasteiger partial charge in [0.05, 0.1) is 5.69 Å². The lowest BCUT2D eigenvalue weighted by molar-refractivity contribution is 0.112. The van der Waals surface area contributed by atoms with Crippen molar-refractivity contribution in [3.63, 3.8) is 0 Å². The molecule has 2 heterocycles.